The van der Waals surface area contributed by atoms with Crippen LogP contribution in [0.2, 0.25) is 0 Å². The molecule has 5 nitrogen and oxygen atoms in total. The minimum absolute atomic E-state index is 0.363. The van der Waals surface area contributed by atoms with Gasteiger partial charge in [0.1, 0.15) is 0 Å². The first-order valence-corrected chi connectivity index (χ1v) is 9.23. The van der Waals surface area contributed by atoms with Gasteiger partial charge in [0.05, 0.1) is 5.56 Å². The average molecular weight is 376 g/mol. The molecule has 5 heteroatoms. The Hall–Kier alpha value is -3.34. The van der Waals surface area contributed by atoms with Crippen molar-refractivity contribution in [3.63, 3.8) is 0 Å². The summed E-state index contributed by atoms with van der Waals surface area (Å²) in [6.07, 6.45) is -0.898. The molecular weight excluding hydrogens is 352 g/mol. The Morgan fingerprint density at radius 2 is 1.61 bits per heavy atom. The highest BCUT2D eigenvalue weighted by Crippen LogP contribution is 2.19. The topological polar surface area (TPSA) is 60.3 Å². The van der Waals surface area contributed by atoms with Gasteiger partial charge in [-0.25, -0.2) is 4.79 Å². The van der Waals surface area contributed by atoms with Crippen molar-refractivity contribution in [2.24, 2.45) is 0 Å². The number of rotatable bonds is 6. The summed E-state index contributed by atoms with van der Waals surface area (Å²) in [5.74, 6) is -0.860. The molecule has 0 radical (unpaired) electrons. The summed E-state index contributed by atoms with van der Waals surface area (Å²) in [5.41, 5.74) is 4.08. The Morgan fingerprint density at radius 1 is 1.00 bits per heavy atom. The van der Waals surface area contributed by atoms with E-state index in [2.05, 4.69) is 9.88 Å². The smallest absolute Gasteiger partial charge is 0.340 e. The van der Waals surface area contributed by atoms with Crippen molar-refractivity contribution in [2.45, 2.75) is 33.4 Å². The van der Waals surface area contributed by atoms with E-state index in [1.807, 2.05) is 68.4 Å². The van der Waals surface area contributed by atoms with Gasteiger partial charge in [-0.2, -0.15) is 0 Å². The lowest BCUT2D eigenvalue weighted by atomic mass is 10.2. The average Bonchev–Trinajstić information content (AvgIpc) is 2.98. The molecule has 0 aliphatic rings. The van der Waals surface area contributed by atoms with Gasteiger partial charge < -0.3 is 14.6 Å². The van der Waals surface area contributed by atoms with Gasteiger partial charge in [0.2, 0.25) is 0 Å². The summed E-state index contributed by atoms with van der Waals surface area (Å²) in [4.78, 5) is 24.9. The SMILES string of the molecule is Cc1cc(C(=O)O[C@H](C)C(=O)Nc2ccccc2)c(C)n1Cc1ccccc1. The van der Waals surface area contributed by atoms with Crippen molar-refractivity contribution in [3.8, 4) is 0 Å². The summed E-state index contributed by atoms with van der Waals surface area (Å²) in [6.45, 7) is 6.09. The number of nitrogens with zero attached hydrogens (tertiary/aromatic N) is 1. The second kappa shape index (κ2) is 8.57. The number of para-hydroxylation sites is 1. The molecule has 3 aromatic rings. The van der Waals surface area contributed by atoms with E-state index in [1.165, 1.54) is 0 Å². The molecule has 2 aromatic carbocycles. The third kappa shape index (κ3) is 4.49. The van der Waals surface area contributed by atoms with Crippen LogP contribution in [0.3, 0.4) is 0 Å². The fourth-order valence-corrected chi connectivity index (χ4v) is 3.06. The van der Waals surface area contributed by atoms with Gasteiger partial charge in [-0.3, -0.25) is 4.79 Å². The zero-order chi connectivity index (χ0) is 20.1. The summed E-state index contributed by atoms with van der Waals surface area (Å²) in [7, 11) is 0. The second-order valence-electron chi connectivity index (χ2n) is 6.76. The lowest BCUT2D eigenvalue weighted by molar-refractivity contribution is -0.123. The standard InChI is InChI=1S/C23H24N2O3/c1-16-14-21(17(2)25(16)15-19-10-6-4-7-11-19)23(27)28-18(3)22(26)24-20-12-8-5-9-13-20/h4-14,18H,15H2,1-3H3,(H,24,26)/t18-/m1/s1. The van der Waals surface area contributed by atoms with Crippen molar-refractivity contribution >= 4 is 17.6 Å². The van der Waals surface area contributed by atoms with Crippen molar-refractivity contribution in [1.29, 1.82) is 0 Å². The molecule has 1 heterocycles. The van der Waals surface area contributed by atoms with Crippen LogP contribution in [0.5, 0.6) is 0 Å². The monoisotopic (exact) mass is 376 g/mol. The van der Waals surface area contributed by atoms with E-state index in [0.717, 1.165) is 17.0 Å². The van der Waals surface area contributed by atoms with E-state index in [0.29, 0.717) is 17.8 Å². The minimum atomic E-state index is -0.898. The lowest BCUT2D eigenvalue weighted by Gasteiger charge is -2.14. The molecule has 0 unspecified atom stereocenters. The number of anilines is 1. The number of esters is 1. The van der Waals surface area contributed by atoms with Gasteiger partial charge in [-0.1, -0.05) is 48.5 Å². The van der Waals surface area contributed by atoms with Crippen LogP contribution in [0.4, 0.5) is 5.69 Å². The van der Waals surface area contributed by atoms with E-state index in [1.54, 1.807) is 19.1 Å². The van der Waals surface area contributed by atoms with Crippen LogP contribution in [0.1, 0.15) is 34.2 Å². The molecule has 0 fully saturated rings. The number of amides is 1. The Balaban J connectivity index is 1.68. The first kappa shape index (κ1) is 19.4. The van der Waals surface area contributed by atoms with Gasteiger partial charge in [0, 0.05) is 23.6 Å². The molecule has 0 saturated carbocycles. The maximum Gasteiger partial charge on any atom is 0.340 e. The van der Waals surface area contributed by atoms with Gasteiger partial charge >= 0.3 is 5.97 Å². The number of aryl methyl sites for hydroxylation is 1. The zero-order valence-electron chi connectivity index (χ0n) is 16.3. The normalized spacial score (nSPS) is 11.7. The Bertz CT molecular complexity index is 962. The van der Waals surface area contributed by atoms with E-state index in [-0.39, 0.29) is 5.91 Å². The maximum atomic E-state index is 12.6. The fraction of sp³-hybridized carbons (Fsp3) is 0.217. The second-order valence-corrected chi connectivity index (χ2v) is 6.76. The summed E-state index contributed by atoms with van der Waals surface area (Å²) < 4.78 is 7.48. The van der Waals surface area contributed by atoms with Crippen molar-refractivity contribution < 1.29 is 14.3 Å². The molecular formula is C23H24N2O3. The fourth-order valence-electron chi connectivity index (χ4n) is 3.06. The van der Waals surface area contributed by atoms with Gasteiger partial charge in [0.15, 0.2) is 6.10 Å². The largest absolute Gasteiger partial charge is 0.449 e. The van der Waals surface area contributed by atoms with Crippen molar-refractivity contribution in [1.82, 2.24) is 4.57 Å². The maximum absolute atomic E-state index is 12.6. The molecule has 144 valence electrons. The quantitative estimate of drug-likeness (QED) is 0.651. The van der Waals surface area contributed by atoms with Gasteiger partial charge in [0.25, 0.3) is 5.91 Å². The van der Waals surface area contributed by atoms with Crippen LogP contribution in [-0.2, 0) is 16.1 Å². The Labute approximate surface area is 165 Å². The highest BCUT2D eigenvalue weighted by atomic mass is 16.5. The molecule has 0 bridgehead atoms. The number of carbonyl (C=O) groups excluding carboxylic acids is 2. The summed E-state index contributed by atoms with van der Waals surface area (Å²) in [6, 6.07) is 20.9. The van der Waals surface area contributed by atoms with Crippen LogP contribution in [0, 0.1) is 13.8 Å². The van der Waals surface area contributed by atoms with Crippen LogP contribution in [0.25, 0.3) is 0 Å². The van der Waals surface area contributed by atoms with Crippen molar-refractivity contribution in [2.75, 3.05) is 5.32 Å². The predicted molar refractivity (Wildman–Crippen MR) is 109 cm³/mol. The number of carbonyl (C=O) groups is 2. The molecule has 1 aromatic heterocycles. The Kier molecular flexibility index (Phi) is 5.94. The molecule has 1 amide bonds. The van der Waals surface area contributed by atoms with Crippen LogP contribution in [-0.4, -0.2) is 22.5 Å². The molecule has 0 saturated heterocycles. The Morgan fingerprint density at radius 3 is 2.25 bits per heavy atom. The molecule has 0 aliphatic carbocycles. The van der Waals surface area contributed by atoms with E-state index >= 15 is 0 Å². The van der Waals surface area contributed by atoms with Crippen molar-refractivity contribution in [3.05, 3.63) is 89.2 Å². The first-order valence-electron chi connectivity index (χ1n) is 9.23. The van der Waals surface area contributed by atoms with E-state index in [4.69, 9.17) is 4.74 Å². The molecule has 28 heavy (non-hydrogen) atoms. The van der Waals surface area contributed by atoms with Crippen LogP contribution < -0.4 is 5.32 Å². The number of nitrogens with one attached hydrogen (secondary N) is 1. The lowest BCUT2D eigenvalue weighted by Crippen LogP contribution is -2.30. The number of aromatic nitrogens is 1. The van der Waals surface area contributed by atoms with Gasteiger partial charge in [-0.15, -0.1) is 0 Å². The number of hydrogen-bond acceptors (Lipinski definition) is 3. The highest BCUT2D eigenvalue weighted by molar-refractivity contribution is 5.97. The molecule has 0 aliphatic heterocycles. The van der Waals surface area contributed by atoms with E-state index in [9.17, 15) is 9.59 Å². The van der Waals surface area contributed by atoms with Crippen LogP contribution >= 0.6 is 0 Å². The zero-order valence-corrected chi connectivity index (χ0v) is 16.3. The third-order valence-electron chi connectivity index (χ3n) is 4.67. The summed E-state index contributed by atoms with van der Waals surface area (Å²) in [5, 5.41) is 2.74. The third-order valence-corrected chi connectivity index (χ3v) is 4.67. The molecule has 1 atom stereocenters. The van der Waals surface area contributed by atoms with Gasteiger partial charge in [-0.05, 0) is 44.5 Å². The molecule has 1 N–H and O–H groups in total. The number of ether oxygens (including phenoxy) is 1. The highest BCUT2D eigenvalue weighted by Gasteiger charge is 2.22. The predicted octanol–water partition coefficient (Wildman–Crippen LogP) is 4.34. The van der Waals surface area contributed by atoms with E-state index < -0.39 is 12.1 Å². The first-order chi connectivity index (χ1) is 13.5. The van der Waals surface area contributed by atoms with Crippen LogP contribution in [0.15, 0.2) is 66.7 Å². The molecule has 3 rings (SSSR count). The minimum Gasteiger partial charge on any atom is -0.449 e. The summed E-state index contributed by atoms with van der Waals surface area (Å²) >= 11 is 0. The number of benzene rings is 2. The molecule has 0 spiro atoms. The number of hydrogen-bond donors (Lipinski definition) is 1.